The molecule has 1 atom stereocenters. The molecule has 1 aliphatic heterocycles. The van der Waals surface area contributed by atoms with Gasteiger partial charge in [0.15, 0.2) is 0 Å². The Morgan fingerprint density at radius 3 is 2.68 bits per heavy atom. The van der Waals surface area contributed by atoms with Crippen LogP contribution >= 0.6 is 11.8 Å². The number of carbonyl (C=O) groups is 1. The number of carboxylic acid groups (broad SMARTS) is 1. The molecule has 1 saturated carbocycles. The van der Waals surface area contributed by atoms with Crippen LogP contribution < -0.4 is 29.5 Å². The summed E-state index contributed by atoms with van der Waals surface area (Å²) in [6.07, 6.45) is 3.66. The molecule has 1 aliphatic carbocycles. The molecule has 3 aromatic rings. The van der Waals surface area contributed by atoms with Crippen molar-refractivity contribution in [1.82, 2.24) is 4.57 Å². The summed E-state index contributed by atoms with van der Waals surface area (Å²) in [7, 11) is 0. The van der Waals surface area contributed by atoms with E-state index in [0.29, 0.717) is 6.42 Å². The zero-order valence-electron chi connectivity index (χ0n) is 17.1. The third kappa shape index (κ3) is 3.71. The van der Waals surface area contributed by atoms with Gasteiger partial charge in [0.1, 0.15) is 0 Å². The Balaban J connectivity index is 0.00000231. The van der Waals surface area contributed by atoms with Gasteiger partial charge in [-0.3, -0.25) is 9.36 Å². The molecule has 31 heavy (non-hydrogen) atoms. The number of pyridine rings is 1. The van der Waals surface area contributed by atoms with Crippen molar-refractivity contribution in [3.8, 4) is 0 Å². The number of oxime groups is 1. The Morgan fingerprint density at radius 2 is 1.97 bits per heavy atom. The molecule has 2 heterocycles. The Hall–Kier alpha value is -2.46. The minimum Gasteiger partial charge on any atom is -0.548 e. The Labute approximate surface area is 195 Å². The Bertz CT molecular complexity index is 1260. The van der Waals surface area contributed by atoms with Gasteiger partial charge in [0.25, 0.3) is 5.56 Å². The van der Waals surface area contributed by atoms with Gasteiger partial charge in [0.2, 0.25) is 0 Å². The van der Waals surface area contributed by atoms with E-state index in [1.54, 1.807) is 0 Å². The van der Waals surface area contributed by atoms with Crippen molar-refractivity contribution in [1.29, 1.82) is 0 Å². The molecule has 1 N–H and O–H groups in total. The summed E-state index contributed by atoms with van der Waals surface area (Å²) in [5, 5.41) is 27.0. The summed E-state index contributed by atoms with van der Waals surface area (Å²) in [4.78, 5) is 24.9. The van der Waals surface area contributed by atoms with Crippen molar-refractivity contribution in [3.63, 3.8) is 0 Å². The molecular formula is C23H19LiN2O4S. The molecule has 8 heteroatoms. The molecule has 2 aliphatic rings. The van der Waals surface area contributed by atoms with E-state index < -0.39 is 17.6 Å². The second kappa shape index (κ2) is 8.58. The van der Waals surface area contributed by atoms with Crippen molar-refractivity contribution in [2.75, 3.05) is 5.75 Å². The van der Waals surface area contributed by atoms with Crippen molar-refractivity contribution in [2.45, 2.75) is 36.2 Å². The third-order valence-electron chi connectivity index (χ3n) is 5.93. The predicted molar refractivity (Wildman–Crippen MR) is 114 cm³/mol. The van der Waals surface area contributed by atoms with Crippen LogP contribution in [0.25, 0.3) is 10.8 Å². The quantitative estimate of drug-likeness (QED) is 0.261. The molecule has 0 radical (unpaired) electrons. The fourth-order valence-electron chi connectivity index (χ4n) is 4.40. The number of benzene rings is 2. The van der Waals surface area contributed by atoms with Crippen LogP contribution in [0.5, 0.6) is 0 Å². The molecular weight excluding hydrogens is 407 g/mol. The molecule has 6 nitrogen and oxygen atoms in total. The van der Waals surface area contributed by atoms with E-state index in [9.17, 15) is 19.9 Å². The number of aromatic nitrogens is 1. The van der Waals surface area contributed by atoms with Crippen molar-refractivity contribution < 1.29 is 34.0 Å². The van der Waals surface area contributed by atoms with Crippen molar-refractivity contribution in [2.24, 2.45) is 5.16 Å². The first-order valence-corrected chi connectivity index (χ1v) is 10.9. The monoisotopic (exact) mass is 426 g/mol. The third-order valence-corrected chi connectivity index (χ3v) is 7.10. The number of rotatable bonds is 5. The zero-order chi connectivity index (χ0) is 20.8. The molecule has 0 unspecified atom stereocenters. The molecule has 0 saturated heterocycles. The summed E-state index contributed by atoms with van der Waals surface area (Å²) in [5.41, 5.74) is 2.73. The largest absolute Gasteiger partial charge is 1.00 e. The van der Waals surface area contributed by atoms with Gasteiger partial charge in [0.05, 0.1) is 28.8 Å². The average Bonchev–Trinajstić information content (AvgIpc) is 3.48. The maximum atomic E-state index is 13.3. The van der Waals surface area contributed by atoms with E-state index in [2.05, 4.69) is 23.4 Å². The number of carboxylic acids is 1. The first-order valence-electron chi connectivity index (χ1n) is 9.89. The van der Waals surface area contributed by atoms with E-state index in [1.165, 1.54) is 16.3 Å². The Kier molecular flexibility index (Phi) is 6.02. The molecule has 5 rings (SSSR count). The van der Waals surface area contributed by atoms with Crippen molar-refractivity contribution >= 4 is 34.7 Å². The molecule has 0 spiro atoms. The minimum absolute atomic E-state index is 0. The number of nitrogens with zero attached hydrogens (tertiary/aromatic N) is 2. The molecule has 2 aromatic carbocycles. The van der Waals surface area contributed by atoms with Gasteiger partial charge in [-0.25, -0.2) is 0 Å². The van der Waals surface area contributed by atoms with Gasteiger partial charge >= 0.3 is 18.9 Å². The summed E-state index contributed by atoms with van der Waals surface area (Å²) in [5.74, 6) is -0.709. The SMILES string of the molecule is O=C([O-])[C@@H]1CSc2c(C3CC3)c(Cc3cccc4ccccc34)c(/C=N\O)c(=O)n21.[Li+]. The molecule has 1 fully saturated rings. The first kappa shape index (κ1) is 21.8. The van der Waals surface area contributed by atoms with Gasteiger partial charge in [-0.15, -0.1) is 11.8 Å². The van der Waals surface area contributed by atoms with E-state index in [4.69, 9.17) is 0 Å². The fraction of sp³-hybridized carbons (Fsp3) is 0.261. The van der Waals surface area contributed by atoms with Crippen LogP contribution in [0.4, 0.5) is 0 Å². The van der Waals surface area contributed by atoms with Gasteiger partial charge in [-0.2, -0.15) is 0 Å². The van der Waals surface area contributed by atoms with Gasteiger partial charge in [0, 0.05) is 5.75 Å². The van der Waals surface area contributed by atoms with Crippen LogP contribution in [-0.4, -0.2) is 27.7 Å². The van der Waals surface area contributed by atoms with Crippen LogP contribution in [-0.2, 0) is 11.2 Å². The Morgan fingerprint density at radius 1 is 1.23 bits per heavy atom. The van der Waals surface area contributed by atoms with E-state index in [1.807, 2.05) is 24.3 Å². The smallest absolute Gasteiger partial charge is 0.548 e. The number of aliphatic carboxylic acids is 1. The zero-order valence-corrected chi connectivity index (χ0v) is 17.9. The minimum atomic E-state index is -1.27. The van der Waals surface area contributed by atoms with Crippen LogP contribution in [0.3, 0.4) is 0 Å². The normalized spacial score (nSPS) is 17.6. The topological polar surface area (TPSA) is 94.7 Å². The van der Waals surface area contributed by atoms with Crippen LogP contribution in [0.1, 0.15) is 47.1 Å². The number of hydrogen-bond donors (Lipinski definition) is 1. The molecule has 1 aromatic heterocycles. The van der Waals surface area contributed by atoms with Crippen LogP contribution in [0.2, 0.25) is 0 Å². The van der Waals surface area contributed by atoms with E-state index >= 15 is 0 Å². The molecule has 0 bridgehead atoms. The maximum Gasteiger partial charge on any atom is 1.00 e. The predicted octanol–water partition coefficient (Wildman–Crippen LogP) is -0.321. The van der Waals surface area contributed by atoms with Gasteiger partial charge < -0.3 is 15.1 Å². The number of carbonyl (C=O) groups excluding carboxylic acids is 1. The number of thioether (sulfide) groups is 1. The fourth-order valence-corrected chi connectivity index (χ4v) is 5.80. The van der Waals surface area contributed by atoms with Crippen molar-refractivity contribution in [3.05, 3.63) is 75.1 Å². The first-order chi connectivity index (χ1) is 14.6. The number of hydrogen-bond acceptors (Lipinski definition) is 6. The van der Waals surface area contributed by atoms with Gasteiger partial charge in [-0.1, -0.05) is 47.6 Å². The van der Waals surface area contributed by atoms with Crippen LogP contribution in [0.15, 0.2) is 57.4 Å². The van der Waals surface area contributed by atoms with E-state index in [-0.39, 0.29) is 36.1 Å². The average molecular weight is 426 g/mol. The standard InChI is InChI=1S/C23H20N2O4S.Li/c26-21-18(11-24-29)17(10-15-6-3-5-13-4-1-2-7-16(13)15)20(14-8-9-14)22-25(21)19(12-30-22)23(27)28;/h1-7,11,14,19,29H,8-10,12H2,(H,27,28);/q;+1/p-1/b24-11-;/t19-;/m0./s1. The summed E-state index contributed by atoms with van der Waals surface area (Å²) in [6.45, 7) is 0. The molecule has 152 valence electrons. The second-order valence-electron chi connectivity index (χ2n) is 7.77. The van der Waals surface area contributed by atoms with Crippen LogP contribution in [0, 0.1) is 0 Å². The summed E-state index contributed by atoms with van der Waals surface area (Å²) >= 11 is 1.40. The maximum absolute atomic E-state index is 13.3. The summed E-state index contributed by atoms with van der Waals surface area (Å²) in [6, 6.07) is 13.2. The second-order valence-corrected chi connectivity index (χ2v) is 8.77. The summed E-state index contributed by atoms with van der Waals surface area (Å²) < 4.78 is 1.33. The van der Waals surface area contributed by atoms with E-state index in [0.717, 1.165) is 51.5 Å². The number of fused-ring (bicyclic) bond motifs is 2. The van der Waals surface area contributed by atoms with Gasteiger partial charge in [-0.05, 0) is 52.6 Å². The molecule has 0 amide bonds.